The third-order valence-corrected chi connectivity index (χ3v) is 2.44. The van der Waals surface area contributed by atoms with Crippen LogP contribution in [0.2, 0.25) is 0 Å². The van der Waals surface area contributed by atoms with Gasteiger partial charge in [-0.1, -0.05) is 0 Å². The standard InChI is InChI=1S/C5H8.Zr/c1-2-4-5-3-1;/h1-4H2;. The van der Waals surface area contributed by atoms with E-state index >= 15 is 0 Å². The van der Waals surface area contributed by atoms with Gasteiger partial charge in [0.25, 0.3) is 0 Å². The van der Waals surface area contributed by atoms with Gasteiger partial charge in [-0.05, 0) is 0 Å². The number of rotatable bonds is 0. The second-order valence-corrected chi connectivity index (χ2v) is 3.55. The van der Waals surface area contributed by atoms with Crippen LogP contribution in [0.3, 0.4) is 0 Å². The second kappa shape index (κ2) is 2.16. The molecule has 0 N–H and O–H groups in total. The van der Waals surface area contributed by atoms with Crippen LogP contribution in [0.4, 0.5) is 0 Å². The third-order valence-electron chi connectivity index (χ3n) is 1.21. The Morgan fingerprint density at radius 3 is 1.83 bits per heavy atom. The summed E-state index contributed by atoms with van der Waals surface area (Å²) >= 11 is 1.68. The molecule has 0 bridgehead atoms. The van der Waals surface area contributed by atoms with Crippen LogP contribution in [0, 0.1) is 0 Å². The molecule has 0 aromatic carbocycles. The van der Waals surface area contributed by atoms with Gasteiger partial charge in [0.05, 0.1) is 0 Å². The van der Waals surface area contributed by atoms with Crippen molar-refractivity contribution in [1.29, 1.82) is 0 Å². The summed E-state index contributed by atoms with van der Waals surface area (Å²) in [6.07, 6.45) is 5.83. The fourth-order valence-electron chi connectivity index (χ4n) is 0.802. The summed E-state index contributed by atoms with van der Waals surface area (Å²) in [5.74, 6) is 0. The quantitative estimate of drug-likeness (QED) is 0.499. The van der Waals surface area contributed by atoms with E-state index in [1.807, 2.05) is 0 Å². The Labute approximate surface area is 53.3 Å². The van der Waals surface area contributed by atoms with Crippen molar-refractivity contribution in [1.82, 2.24) is 0 Å². The number of hydrogen-bond acceptors (Lipinski definition) is 0. The molecule has 0 radical (unpaired) electrons. The summed E-state index contributed by atoms with van der Waals surface area (Å²) in [5, 5.41) is 0. The van der Waals surface area contributed by atoms with E-state index < -0.39 is 0 Å². The second-order valence-electron chi connectivity index (χ2n) is 1.81. The van der Waals surface area contributed by atoms with Crippen LogP contribution in [0.5, 0.6) is 0 Å². The Hall–Kier alpha value is 0.753. The molecule has 0 aromatic heterocycles. The van der Waals surface area contributed by atoms with Crippen molar-refractivity contribution in [3.05, 3.63) is 0 Å². The third kappa shape index (κ3) is 1.11. The van der Waals surface area contributed by atoms with Gasteiger partial charge >= 0.3 is 53.1 Å². The zero-order valence-electron chi connectivity index (χ0n) is 3.83. The molecular weight excluding hydrogens is 151 g/mol. The van der Waals surface area contributed by atoms with Gasteiger partial charge in [0.2, 0.25) is 0 Å². The molecule has 0 spiro atoms. The van der Waals surface area contributed by atoms with Gasteiger partial charge in [0, 0.05) is 0 Å². The first-order valence-corrected chi connectivity index (χ1v) is 3.69. The van der Waals surface area contributed by atoms with E-state index in [0.717, 1.165) is 0 Å². The first-order valence-electron chi connectivity index (χ1n) is 2.46. The molecule has 0 heterocycles. The van der Waals surface area contributed by atoms with Crippen molar-refractivity contribution in [2.75, 3.05) is 0 Å². The van der Waals surface area contributed by atoms with E-state index in [9.17, 15) is 0 Å². The summed E-state index contributed by atoms with van der Waals surface area (Å²) in [7, 11) is 0. The predicted octanol–water partition coefficient (Wildman–Crippen LogP) is 1.28. The summed E-state index contributed by atoms with van der Waals surface area (Å²) in [6, 6.07) is 0. The minimum absolute atomic E-state index is 1.44. The molecular formula is C5H8Zr. The number of hydrogen-bond donors (Lipinski definition) is 0. The van der Waals surface area contributed by atoms with Gasteiger partial charge in [0.15, 0.2) is 0 Å². The molecule has 0 unspecified atom stereocenters. The molecule has 0 nitrogen and oxygen atoms in total. The summed E-state index contributed by atoms with van der Waals surface area (Å²) < 4.78 is 1.79. The van der Waals surface area contributed by atoms with Crippen molar-refractivity contribution in [2.45, 2.75) is 25.7 Å². The van der Waals surface area contributed by atoms with Crippen LogP contribution in [0.15, 0.2) is 0 Å². The molecule has 32 valence electrons. The molecule has 0 aromatic rings. The van der Waals surface area contributed by atoms with Crippen molar-refractivity contribution >= 4 is 3.21 Å². The monoisotopic (exact) mass is 158 g/mol. The van der Waals surface area contributed by atoms with Crippen LogP contribution in [0.25, 0.3) is 0 Å². The van der Waals surface area contributed by atoms with Gasteiger partial charge < -0.3 is 0 Å². The van der Waals surface area contributed by atoms with Crippen LogP contribution < -0.4 is 0 Å². The molecule has 1 heteroatoms. The molecule has 1 rings (SSSR count). The summed E-state index contributed by atoms with van der Waals surface area (Å²) in [6.45, 7) is 0. The van der Waals surface area contributed by atoms with Crippen molar-refractivity contribution in [3.63, 3.8) is 0 Å². The van der Waals surface area contributed by atoms with Crippen LogP contribution >= 0.6 is 0 Å². The van der Waals surface area contributed by atoms with E-state index in [4.69, 9.17) is 0 Å². The van der Waals surface area contributed by atoms with Crippen molar-refractivity contribution < 1.29 is 24.2 Å². The molecule has 0 aliphatic heterocycles. The zero-order chi connectivity index (χ0) is 4.41. The maximum atomic E-state index is 1.79. The molecule has 1 aliphatic carbocycles. The SMILES string of the molecule is [Zr]=[C]1CCCC1. The molecule has 1 saturated carbocycles. The van der Waals surface area contributed by atoms with Crippen LogP contribution in [-0.4, -0.2) is 3.21 Å². The van der Waals surface area contributed by atoms with E-state index in [1.165, 1.54) is 25.7 Å². The van der Waals surface area contributed by atoms with Gasteiger partial charge in [-0.3, -0.25) is 0 Å². The predicted molar refractivity (Wildman–Crippen MR) is 23.5 cm³/mol. The van der Waals surface area contributed by atoms with Crippen molar-refractivity contribution in [2.24, 2.45) is 0 Å². The van der Waals surface area contributed by atoms with Gasteiger partial charge in [-0.25, -0.2) is 0 Å². The summed E-state index contributed by atoms with van der Waals surface area (Å²) in [5.41, 5.74) is 0. The van der Waals surface area contributed by atoms with E-state index in [1.54, 1.807) is 27.4 Å². The molecule has 0 atom stereocenters. The normalized spacial score (nSPS) is 22.2. The van der Waals surface area contributed by atoms with Gasteiger partial charge in [-0.15, -0.1) is 0 Å². The average molecular weight is 159 g/mol. The van der Waals surface area contributed by atoms with Gasteiger partial charge in [-0.2, -0.15) is 0 Å². The van der Waals surface area contributed by atoms with Crippen LogP contribution in [-0.2, 0) is 24.2 Å². The van der Waals surface area contributed by atoms with Crippen molar-refractivity contribution in [3.8, 4) is 0 Å². The minimum atomic E-state index is 1.44. The Morgan fingerprint density at radius 1 is 1.17 bits per heavy atom. The van der Waals surface area contributed by atoms with E-state index in [0.29, 0.717) is 0 Å². The van der Waals surface area contributed by atoms with E-state index in [2.05, 4.69) is 0 Å². The summed E-state index contributed by atoms with van der Waals surface area (Å²) in [4.78, 5) is 0. The Bertz CT molecular complexity index is 58.3. The fourth-order valence-corrected chi connectivity index (χ4v) is 1.67. The Kier molecular flexibility index (Phi) is 1.77. The first kappa shape index (κ1) is 4.90. The molecule has 0 saturated heterocycles. The average Bonchev–Trinajstić information content (AvgIpc) is 1.86. The van der Waals surface area contributed by atoms with E-state index in [-0.39, 0.29) is 0 Å². The fraction of sp³-hybridized carbons (Fsp3) is 0.800. The Balaban J connectivity index is 2.37. The zero-order valence-corrected chi connectivity index (χ0v) is 6.29. The van der Waals surface area contributed by atoms with Gasteiger partial charge in [0.1, 0.15) is 0 Å². The Morgan fingerprint density at radius 2 is 1.67 bits per heavy atom. The molecule has 1 aliphatic rings. The topological polar surface area (TPSA) is 0 Å². The molecule has 1 fully saturated rings. The van der Waals surface area contributed by atoms with Crippen LogP contribution in [0.1, 0.15) is 25.7 Å². The first-order chi connectivity index (χ1) is 2.89. The maximum absolute atomic E-state index is 1.79. The molecule has 6 heavy (non-hydrogen) atoms. The molecule has 0 amide bonds.